The lowest BCUT2D eigenvalue weighted by atomic mass is 10.1. The monoisotopic (exact) mass is 326 g/mol. The standard InChI is InChI=1S/C15H23ClN4O2/c1-10-7-12(19-13(16)18-10)17-8-11-5-6-20(9-11)14(21)22-15(2,3)4/h7,11H,5-6,8-9H2,1-4H3,(H,17,18,19)/t11-/m1/s1. The smallest absolute Gasteiger partial charge is 0.410 e. The van der Waals surface area contributed by atoms with Gasteiger partial charge >= 0.3 is 6.09 Å². The molecule has 0 radical (unpaired) electrons. The third kappa shape index (κ3) is 5.02. The normalized spacial score (nSPS) is 18.4. The zero-order valence-electron chi connectivity index (χ0n) is 13.5. The van der Waals surface area contributed by atoms with Crippen LogP contribution >= 0.6 is 11.6 Å². The van der Waals surface area contributed by atoms with Crippen molar-refractivity contribution in [1.29, 1.82) is 0 Å². The van der Waals surface area contributed by atoms with Crippen LogP contribution in [-0.4, -0.2) is 46.2 Å². The van der Waals surface area contributed by atoms with Gasteiger partial charge in [0, 0.05) is 31.4 Å². The predicted octanol–water partition coefficient (Wildman–Crippen LogP) is 3.11. The summed E-state index contributed by atoms with van der Waals surface area (Å²) >= 11 is 5.84. The minimum absolute atomic E-state index is 0.240. The van der Waals surface area contributed by atoms with Gasteiger partial charge in [0.2, 0.25) is 5.28 Å². The van der Waals surface area contributed by atoms with Crippen LogP contribution in [0.2, 0.25) is 5.28 Å². The Kier molecular flexibility index (Phi) is 5.11. The third-order valence-corrected chi connectivity index (χ3v) is 3.51. The van der Waals surface area contributed by atoms with Crippen LogP contribution in [0.5, 0.6) is 0 Å². The number of likely N-dealkylation sites (tertiary alicyclic amines) is 1. The van der Waals surface area contributed by atoms with Gasteiger partial charge in [-0.2, -0.15) is 0 Å². The largest absolute Gasteiger partial charge is 0.444 e. The van der Waals surface area contributed by atoms with Gasteiger partial charge in [0.05, 0.1) is 0 Å². The van der Waals surface area contributed by atoms with E-state index in [1.807, 2.05) is 33.8 Å². The Morgan fingerprint density at radius 2 is 2.23 bits per heavy atom. The van der Waals surface area contributed by atoms with Gasteiger partial charge in [0.1, 0.15) is 11.4 Å². The lowest BCUT2D eigenvalue weighted by molar-refractivity contribution is 0.0289. The number of halogens is 1. The number of aryl methyl sites for hydroxylation is 1. The number of ether oxygens (including phenoxy) is 1. The summed E-state index contributed by atoms with van der Waals surface area (Å²) in [6.07, 6.45) is 0.709. The number of rotatable bonds is 3. The summed E-state index contributed by atoms with van der Waals surface area (Å²) in [6.45, 7) is 9.67. The molecule has 122 valence electrons. The molecule has 0 bridgehead atoms. The van der Waals surface area contributed by atoms with Crippen molar-refractivity contribution in [1.82, 2.24) is 14.9 Å². The molecule has 6 nitrogen and oxygen atoms in total. The van der Waals surface area contributed by atoms with Crippen molar-refractivity contribution in [2.45, 2.75) is 39.7 Å². The van der Waals surface area contributed by atoms with Crippen molar-refractivity contribution in [3.05, 3.63) is 17.0 Å². The van der Waals surface area contributed by atoms with E-state index in [-0.39, 0.29) is 11.4 Å². The number of hydrogen-bond acceptors (Lipinski definition) is 5. The van der Waals surface area contributed by atoms with E-state index in [1.54, 1.807) is 4.90 Å². The van der Waals surface area contributed by atoms with Crippen LogP contribution in [0.15, 0.2) is 6.07 Å². The first kappa shape index (κ1) is 16.8. The molecule has 0 saturated carbocycles. The topological polar surface area (TPSA) is 67.4 Å². The zero-order chi connectivity index (χ0) is 16.3. The van der Waals surface area contributed by atoms with Crippen LogP contribution in [-0.2, 0) is 4.74 Å². The summed E-state index contributed by atoms with van der Waals surface area (Å²) in [5.74, 6) is 1.09. The van der Waals surface area contributed by atoms with Crippen LogP contribution in [0.1, 0.15) is 32.9 Å². The number of carbonyl (C=O) groups is 1. The molecule has 0 unspecified atom stereocenters. The molecule has 22 heavy (non-hydrogen) atoms. The van der Waals surface area contributed by atoms with E-state index in [1.165, 1.54) is 0 Å². The molecule has 2 heterocycles. The number of nitrogens with zero attached hydrogens (tertiary/aromatic N) is 3. The van der Waals surface area contributed by atoms with Crippen LogP contribution in [0, 0.1) is 12.8 Å². The van der Waals surface area contributed by atoms with Gasteiger partial charge in [0.15, 0.2) is 0 Å². The predicted molar refractivity (Wildman–Crippen MR) is 86.2 cm³/mol. The van der Waals surface area contributed by atoms with Gasteiger partial charge < -0.3 is 15.0 Å². The molecule has 1 fully saturated rings. The first-order chi connectivity index (χ1) is 10.2. The average molecular weight is 327 g/mol. The molecule has 1 aliphatic heterocycles. The van der Waals surface area contributed by atoms with Crippen LogP contribution in [0.3, 0.4) is 0 Å². The molecule has 0 aliphatic carbocycles. The Morgan fingerprint density at radius 3 is 2.86 bits per heavy atom. The Morgan fingerprint density at radius 1 is 1.50 bits per heavy atom. The number of anilines is 1. The summed E-state index contributed by atoms with van der Waals surface area (Å²) in [6, 6.07) is 1.85. The summed E-state index contributed by atoms with van der Waals surface area (Å²) < 4.78 is 5.39. The van der Waals surface area contributed by atoms with E-state index in [4.69, 9.17) is 16.3 Å². The van der Waals surface area contributed by atoms with Crippen molar-refractivity contribution in [3.8, 4) is 0 Å². The summed E-state index contributed by atoms with van der Waals surface area (Å²) in [7, 11) is 0. The maximum absolute atomic E-state index is 12.0. The van der Waals surface area contributed by atoms with Crippen LogP contribution in [0.4, 0.5) is 10.6 Å². The van der Waals surface area contributed by atoms with E-state index in [0.29, 0.717) is 18.3 Å². The molecule has 2 rings (SSSR count). The Labute approximate surface area is 136 Å². The van der Waals surface area contributed by atoms with Crippen molar-refractivity contribution < 1.29 is 9.53 Å². The van der Waals surface area contributed by atoms with Crippen molar-refractivity contribution in [3.63, 3.8) is 0 Å². The summed E-state index contributed by atoms with van der Waals surface area (Å²) in [5, 5.41) is 3.50. The highest BCUT2D eigenvalue weighted by Gasteiger charge is 2.29. The second-order valence-corrected chi connectivity index (χ2v) is 6.96. The fourth-order valence-corrected chi connectivity index (χ4v) is 2.59. The first-order valence-electron chi connectivity index (χ1n) is 7.46. The highest BCUT2D eigenvalue weighted by molar-refractivity contribution is 6.28. The molecular formula is C15H23ClN4O2. The number of nitrogens with one attached hydrogen (secondary N) is 1. The minimum Gasteiger partial charge on any atom is -0.444 e. The molecule has 1 aromatic rings. The Hall–Kier alpha value is -1.56. The van der Waals surface area contributed by atoms with Crippen LogP contribution in [0.25, 0.3) is 0 Å². The van der Waals surface area contributed by atoms with E-state index in [2.05, 4.69) is 15.3 Å². The van der Waals surface area contributed by atoms with Crippen molar-refractivity contribution >= 4 is 23.5 Å². The summed E-state index contributed by atoms with van der Waals surface area (Å²) in [4.78, 5) is 21.9. The van der Waals surface area contributed by atoms with E-state index < -0.39 is 5.60 Å². The van der Waals surface area contributed by atoms with Gasteiger partial charge in [-0.3, -0.25) is 0 Å². The Bertz CT molecular complexity index is 525. The van der Waals surface area contributed by atoms with Gasteiger partial charge in [-0.25, -0.2) is 14.8 Å². The highest BCUT2D eigenvalue weighted by Crippen LogP contribution is 2.20. The number of aromatic nitrogens is 2. The lowest BCUT2D eigenvalue weighted by Gasteiger charge is -2.24. The number of carbonyl (C=O) groups excluding carboxylic acids is 1. The Balaban J connectivity index is 1.82. The molecule has 1 saturated heterocycles. The molecule has 1 aliphatic rings. The molecule has 7 heteroatoms. The van der Waals surface area contributed by atoms with E-state index in [0.717, 1.165) is 25.2 Å². The molecule has 1 aromatic heterocycles. The molecule has 0 aromatic carbocycles. The molecule has 1 amide bonds. The van der Waals surface area contributed by atoms with Gasteiger partial charge in [0.25, 0.3) is 0 Å². The minimum atomic E-state index is -0.456. The molecule has 1 N–H and O–H groups in total. The first-order valence-corrected chi connectivity index (χ1v) is 7.84. The molecule has 0 spiro atoms. The van der Waals surface area contributed by atoms with Gasteiger partial charge in [-0.1, -0.05) is 0 Å². The maximum Gasteiger partial charge on any atom is 0.410 e. The number of amides is 1. The molecule has 1 atom stereocenters. The maximum atomic E-state index is 12.0. The quantitative estimate of drug-likeness (QED) is 0.864. The summed E-state index contributed by atoms with van der Waals surface area (Å²) in [5.41, 5.74) is 0.368. The van der Waals surface area contributed by atoms with E-state index in [9.17, 15) is 4.79 Å². The van der Waals surface area contributed by atoms with Crippen LogP contribution < -0.4 is 5.32 Å². The highest BCUT2D eigenvalue weighted by atomic mass is 35.5. The molecular weight excluding hydrogens is 304 g/mol. The SMILES string of the molecule is Cc1cc(NC[C@H]2CCN(C(=O)OC(C)(C)C)C2)nc(Cl)n1. The van der Waals surface area contributed by atoms with Gasteiger partial charge in [-0.05, 0) is 51.6 Å². The third-order valence-electron chi connectivity index (χ3n) is 3.34. The second kappa shape index (κ2) is 6.69. The van der Waals surface area contributed by atoms with E-state index >= 15 is 0 Å². The van der Waals surface area contributed by atoms with Crippen molar-refractivity contribution in [2.24, 2.45) is 5.92 Å². The number of hydrogen-bond donors (Lipinski definition) is 1. The zero-order valence-corrected chi connectivity index (χ0v) is 14.3. The fraction of sp³-hybridized carbons (Fsp3) is 0.667. The van der Waals surface area contributed by atoms with Crippen molar-refractivity contribution in [2.75, 3.05) is 25.0 Å². The average Bonchev–Trinajstić information content (AvgIpc) is 2.82. The lowest BCUT2D eigenvalue weighted by Crippen LogP contribution is -2.35. The van der Waals surface area contributed by atoms with Gasteiger partial charge in [-0.15, -0.1) is 0 Å². The fourth-order valence-electron chi connectivity index (χ4n) is 2.36. The second-order valence-electron chi connectivity index (χ2n) is 6.63.